The first-order valence-electron chi connectivity index (χ1n) is 10.3. The van der Waals surface area contributed by atoms with Crippen LogP contribution in [0.2, 0.25) is 0 Å². The van der Waals surface area contributed by atoms with Gasteiger partial charge in [-0.25, -0.2) is 0 Å². The first kappa shape index (κ1) is 21.7. The van der Waals surface area contributed by atoms with Crippen LogP contribution < -0.4 is 20.1 Å². The molecule has 1 fully saturated rings. The normalized spacial score (nSPS) is 15.0. The van der Waals surface area contributed by atoms with Gasteiger partial charge in [0.15, 0.2) is 11.5 Å². The Hall–Kier alpha value is -3.02. The Morgan fingerprint density at radius 2 is 1.57 bits per heavy atom. The van der Waals surface area contributed by atoms with E-state index in [0.29, 0.717) is 22.7 Å². The molecule has 30 heavy (non-hydrogen) atoms. The summed E-state index contributed by atoms with van der Waals surface area (Å²) in [5.41, 5.74) is 1.57. The number of rotatable bonds is 7. The van der Waals surface area contributed by atoms with Gasteiger partial charge in [0, 0.05) is 17.3 Å². The molecule has 0 aromatic heterocycles. The van der Waals surface area contributed by atoms with Crippen LogP contribution in [0.15, 0.2) is 42.5 Å². The van der Waals surface area contributed by atoms with Crippen molar-refractivity contribution >= 4 is 17.5 Å². The summed E-state index contributed by atoms with van der Waals surface area (Å²) in [4.78, 5) is 25.5. The molecule has 6 heteroatoms. The predicted octanol–water partition coefficient (Wildman–Crippen LogP) is 4.29. The van der Waals surface area contributed by atoms with Gasteiger partial charge in [-0.2, -0.15) is 0 Å². The second-order valence-electron chi connectivity index (χ2n) is 8.02. The van der Waals surface area contributed by atoms with Crippen molar-refractivity contribution in [3.05, 3.63) is 53.6 Å². The van der Waals surface area contributed by atoms with Crippen molar-refractivity contribution in [2.45, 2.75) is 51.0 Å². The molecule has 1 aliphatic carbocycles. The number of nitrogens with one attached hydrogen (secondary N) is 2. The fourth-order valence-electron chi connectivity index (χ4n) is 4.06. The van der Waals surface area contributed by atoms with Crippen LogP contribution in [-0.2, 0) is 10.2 Å². The Balaban J connectivity index is 1.82. The molecule has 0 radical (unpaired) electrons. The zero-order valence-electron chi connectivity index (χ0n) is 18.1. The summed E-state index contributed by atoms with van der Waals surface area (Å²) in [5.74, 6) is 1.10. The largest absolute Gasteiger partial charge is 0.493 e. The number of anilines is 1. The van der Waals surface area contributed by atoms with Gasteiger partial charge in [-0.15, -0.1) is 0 Å². The molecule has 0 unspecified atom stereocenters. The van der Waals surface area contributed by atoms with Crippen molar-refractivity contribution in [3.8, 4) is 11.5 Å². The maximum absolute atomic E-state index is 13.4. The summed E-state index contributed by atoms with van der Waals surface area (Å²) in [6.07, 6.45) is 3.55. The number of carbonyl (C=O) groups is 2. The van der Waals surface area contributed by atoms with E-state index in [1.165, 1.54) is 0 Å². The summed E-state index contributed by atoms with van der Waals surface area (Å²) in [7, 11) is 3.20. The minimum Gasteiger partial charge on any atom is -0.493 e. The number of carbonyl (C=O) groups excluding carboxylic acids is 2. The third-order valence-corrected chi connectivity index (χ3v) is 5.65. The molecule has 2 aromatic carbocycles. The lowest BCUT2D eigenvalue weighted by atomic mass is 9.77. The number of benzene rings is 2. The molecule has 0 bridgehead atoms. The Morgan fingerprint density at radius 1 is 0.933 bits per heavy atom. The van der Waals surface area contributed by atoms with Crippen molar-refractivity contribution in [2.75, 3.05) is 19.5 Å². The molecule has 2 amide bonds. The van der Waals surface area contributed by atoms with Gasteiger partial charge >= 0.3 is 0 Å². The Morgan fingerprint density at radius 3 is 2.13 bits per heavy atom. The second kappa shape index (κ2) is 9.20. The topological polar surface area (TPSA) is 76.7 Å². The Labute approximate surface area is 178 Å². The first-order valence-corrected chi connectivity index (χ1v) is 10.3. The first-order chi connectivity index (χ1) is 14.4. The Bertz CT molecular complexity index is 900. The second-order valence-corrected chi connectivity index (χ2v) is 8.02. The van der Waals surface area contributed by atoms with Crippen molar-refractivity contribution in [1.29, 1.82) is 0 Å². The molecule has 0 saturated heterocycles. The molecule has 2 N–H and O–H groups in total. The lowest BCUT2D eigenvalue weighted by Crippen LogP contribution is -2.38. The van der Waals surface area contributed by atoms with Gasteiger partial charge in [0.2, 0.25) is 5.91 Å². The number of methoxy groups -OCH3 is 2. The summed E-state index contributed by atoms with van der Waals surface area (Å²) in [6, 6.07) is 12.8. The van der Waals surface area contributed by atoms with Gasteiger partial charge in [0.1, 0.15) is 0 Å². The molecular weight excluding hydrogens is 380 g/mol. The van der Waals surface area contributed by atoms with Gasteiger partial charge in [0.25, 0.3) is 5.91 Å². The number of ether oxygens (including phenoxy) is 2. The molecule has 3 rings (SSSR count). The average molecular weight is 411 g/mol. The van der Waals surface area contributed by atoms with Crippen LogP contribution >= 0.6 is 0 Å². The smallest absolute Gasteiger partial charge is 0.251 e. The van der Waals surface area contributed by atoms with E-state index >= 15 is 0 Å². The van der Waals surface area contributed by atoms with Crippen molar-refractivity contribution in [3.63, 3.8) is 0 Å². The highest BCUT2D eigenvalue weighted by molar-refractivity contribution is 6.00. The van der Waals surface area contributed by atoms with E-state index in [2.05, 4.69) is 10.6 Å². The molecule has 1 saturated carbocycles. The zero-order chi connectivity index (χ0) is 21.7. The third-order valence-electron chi connectivity index (χ3n) is 5.65. The van der Waals surface area contributed by atoms with Crippen LogP contribution in [-0.4, -0.2) is 32.1 Å². The minimum absolute atomic E-state index is 0.0356. The van der Waals surface area contributed by atoms with Crippen LogP contribution in [0.1, 0.15) is 55.5 Å². The fourth-order valence-corrected chi connectivity index (χ4v) is 4.06. The molecule has 160 valence electrons. The maximum Gasteiger partial charge on any atom is 0.251 e. The van der Waals surface area contributed by atoms with Gasteiger partial charge in [-0.3, -0.25) is 9.59 Å². The summed E-state index contributed by atoms with van der Waals surface area (Å²) < 4.78 is 10.8. The molecule has 1 aliphatic rings. The van der Waals surface area contributed by atoms with Gasteiger partial charge in [-0.1, -0.05) is 18.9 Å². The summed E-state index contributed by atoms with van der Waals surface area (Å²) >= 11 is 0. The lowest BCUT2D eigenvalue weighted by Gasteiger charge is -2.29. The third kappa shape index (κ3) is 4.42. The highest BCUT2D eigenvalue weighted by Gasteiger charge is 2.43. The molecule has 0 spiro atoms. The number of amides is 2. The van der Waals surface area contributed by atoms with E-state index in [1.807, 2.05) is 32.0 Å². The quantitative estimate of drug-likeness (QED) is 0.714. The van der Waals surface area contributed by atoms with Crippen LogP contribution in [0.5, 0.6) is 11.5 Å². The minimum atomic E-state index is -0.604. The van der Waals surface area contributed by atoms with E-state index < -0.39 is 5.41 Å². The summed E-state index contributed by atoms with van der Waals surface area (Å²) in [5, 5.41) is 5.92. The fraction of sp³-hybridized carbons (Fsp3) is 0.417. The Kier molecular flexibility index (Phi) is 6.65. The van der Waals surface area contributed by atoms with Crippen LogP contribution in [0.3, 0.4) is 0 Å². The van der Waals surface area contributed by atoms with Gasteiger partial charge in [-0.05, 0) is 68.7 Å². The highest BCUT2D eigenvalue weighted by atomic mass is 16.5. The zero-order valence-corrected chi connectivity index (χ0v) is 18.1. The molecule has 6 nitrogen and oxygen atoms in total. The predicted molar refractivity (Wildman–Crippen MR) is 117 cm³/mol. The summed E-state index contributed by atoms with van der Waals surface area (Å²) in [6.45, 7) is 3.84. The average Bonchev–Trinajstić information content (AvgIpc) is 3.24. The van der Waals surface area contributed by atoms with Crippen LogP contribution in [0.25, 0.3) is 0 Å². The molecule has 0 heterocycles. The number of hydrogen-bond acceptors (Lipinski definition) is 4. The standard InChI is InChI=1S/C24H30N2O4/c1-16(2)25-22(27)17-7-10-19(11-8-17)26-23(28)24(13-5-6-14-24)18-9-12-20(29-3)21(15-18)30-4/h7-12,15-16H,5-6,13-14H2,1-4H3,(H,25,27)(H,26,28). The van der Waals surface area contributed by atoms with E-state index in [1.54, 1.807) is 38.5 Å². The molecule has 0 aliphatic heterocycles. The molecule has 0 atom stereocenters. The monoisotopic (exact) mass is 410 g/mol. The van der Waals surface area contributed by atoms with Crippen LogP contribution in [0.4, 0.5) is 5.69 Å². The highest BCUT2D eigenvalue weighted by Crippen LogP contribution is 2.44. The van der Waals surface area contributed by atoms with Crippen molar-refractivity contribution in [1.82, 2.24) is 5.32 Å². The van der Waals surface area contributed by atoms with E-state index in [-0.39, 0.29) is 17.9 Å². The van der Waals surface area contributed by atoms with Crippen LogP contribution in [0, 0.1) is 0 Å². The maximum atomic E-state index is 13.4. The van der Waals surface area contributed by atoms with Gasteiger partial charge in [0.05, 0.1) is 19.6 Å². The van der Waals surface area contributed by atoms with Gasteiger partial charge < -0.3 is 20.1 Å². The SMILES string of the molecule is COc1ccc(C2(C(=O)Nc3ccc(C(=O)NC(C)C)cc3)CCCC2)cc1OC. The van der Waals surface area contributed by atoms with E-state index in [0.717, 1.165) is 31.2 Å². The number of hydrogen-bond donors (Lipinski definition) is 2. The van der Waals surface area contributed by atoms with E-state index in [9.17, 15) is 9.59 Å². The lowest BCUT2D eigenvalue weighted by molar-refractivity contribution is -0.121. The van der Waals surface area contributed by atoms with Crippen molar-refractivity contribution in [2.24, 2.45) is 0 Å². The molecular formula is C24H30N2O4. The van der Waals surface area contributed by atoms with E-state index in [4.69, 9.17) is 9.47 Å². The molecule has 2 aromatic rings. The van der Waals surface area contributed by atoms with Crippen molar-refractivity contribution < 1.29 is 19.1 Å².